The van der Waals surface area contributed by atoms with Gasteiger partial charge in [-0.15, -0.1) is 0 Å². The van der Waals surface area contributed by atoms with E-state index in [9.17, 15) is 47.1 Å². The van der Waals surface area contributed by atoms with Crippen LogP contribution >= 0.6 is 11.6 Å². The zero-order valence-corrected chi connectivity index (χ0v) is 41.8. The minimum Gasteiger partial charge on any atom is -0.466 e. The molecule has 5 amide bonds. The van der Waals surface area contributed by atoms with Crippen molar-refractivity contribution >= 4 is 64.7 Å². The van der Waals surface area contributed by atoms with Gasteiger partial charge in [0.05, 0.1) is 58.1 Å². The van der Waals surface area contributed by atoms with E-state index in [1.165, 1.54) is 80.0 Å². The van der Waals surface area contributed by atoms with Crippen molar-refractivity contribution in [3.8, 4) is 11.4 Å². The number of aromatic nitrogens is 3. The number of anilines is 3. The van der Waals surface area contributed by atoms with E-state index >= 15 is 0 Å². The number of pyridine rings is 3. The molecule has 5 heterocycles. The first-order valence-electron chi connectivity index (χ1n) is 23.0. The Morgan fingerprint density at radius 1 is 0.616 bits per heavy atom. The largest absolute Gasteiger partial charge is 0.466 e. The van der Waals surface area contributed by atoms with Gasteiger partial charge < -0.3 is 40.0 Å². The van der Waals surface area contributed by atoms with Crippen LogP contribution in [0.15, 0.2) is 113 Å². The molecule has 4 atom stereocenters. The van der Waals surface area contributed by atoms with E-state index in [-0.39, 0.29) is 66.8 Å². The van der Waals surface area contributed by atoms with Crippen molar-refractivity contribution in [2.45, 2.75) is 59.7 Å². The molecule has 2 aliphatic heterocycles. The van der Waals surface area contributed by atoms with E-state index in [1.54, 1.807) is 78.8 Å². The summed E-state index contributed by atoms with van der Waals surface area (Å²) in [4.78, 5) is 108. The van der Waals surface area contributed by atoms with Crippen LogP contribution in [0.3, 0.4) is 0 Å². The summed E-state index contributed by atoms with van der Waals surface area (Å²) in [5.74, 6) is -7.62. The lowest BCUT2D eigenvalue weighted by molar-refractivity contribution is -0.150. The highest BCUT2D eigenvalue weighted by Crippen LogP contribution is 2.31. The maximum Gasteiger partial charge on any atom is 0.410 e. The van der Waals surface area contributed by atoms with Crippen molar-refractivity contribution in [3.05, 3.63) is 141 Å². The van der Waals surface area contributed by atoms with Gasteiger partial charge in [-0.25, -0.2) is 23.4 Å². The fraction of sp³-hybridized carbons (Fsp3) is 0.353. The molecule has 2 aliphatic rings. The highest BCUT2D eigenvalue weighted by Gasteiger charge is 2.47. The Hall–Kier alpha value is -7.94. The second-order valence-corrected chi connectivity index (χ2v) is 19.4. The van der Waals surface area contributed by atoms with Crippen LogP contribution in [0.25, 0.3) is 11.4 Å². The van der Waals surface area contributed by atoms with Crippen LogP contribution in [0.1, 0.15) is 48.5 Å². The molecule has 5 aromatic rings. The molecule has 0 aliphatic carbocycles. The molecule has 386 valence electrons. The Kier molecular flexibility index (Phi) is 17.2. The smallest absolute Gasteiger partial charge is 0.410 e. The lowest BCUT2D eigenvalue weighted by Gasteiger charge is -2.24. The summed E-state index contributed by atoms with van der Waals surface area (Å²) in [7, 11) is 0. The van der Waals surface area contributed by atoms with Crippen LogP contribution in [0.2, 0.25) is 5.02 Å². The van der Waals surface area contributed by atoms with Crippen molar-refractivity contribution < 1.29 is 51.8 Å². The van der Waals surface area contributed by atoms with Crippen molar-refractivity contribution in [1.82, 2.24) is 23.9 Å². The second kappa shape index (κ2) is 23.1. The van der Waals surface area contributed by atoms with Gasteiger partial charge in [0.1, 0.15) is 28.7 Å². The number of ether oxygens (including phenoxy) is 3. The van der Waals surface area contributed by atoms with Crippen molar-refractivity contribution in [2.75, 3.05) is 48.7 Å². The molecule has 0 bridgehead atoms. The number of rotatable bonds is 10. The Morgan fingerprint density at radius 2 is 1.04 bits per heavy atom. The number of carbonyl (C=O) groups excluding carboxylic acids is 6. The van der Waals surface area contributed by atoms with Gasteiger partial charge in [0.15, 0.2) is 0 Å². The number of nitrogens with one attached hydrogen (secondary N) is 3. The summed E-state index contributed by atoms with van der Waals surface area (Å²) >= 11 is 5.86. The normalized spacial score (nSPS) is 17.4. The molecule has 7 rings (SSSR count). The number of carbonyl (C=O) groups is 6. The molecule has 3 aromatic heterocycles. The number of esters is 1. The average molecular weight is 1030 g/mol. The topological polar surface area (TPSA) is 230 Å². The summed E-state index contributed by atoms with van der Waals surface area (Å²) in [6.45, 7) is 11.7. The minimum atomic E-state index is -1.01. The lowest BCUT2D eigenvalue weighted by atomic mass is 9.94. The van der Waals surface area contributed by atoms with Gasteiger partial charge >= 0.3 is 18.2 Å². The Balaban J connectivity index is 0.000000241. The predicted octanol–water partition coefficient (Wildman–Crippen LogP) is 7.05. The molecule has 2 aromatic carbocycles. The first kappa shape index (κ1) is 54.4. The van der Waals surface area contributed by atoms with Crippen molar-refractivity contribution in [1.29, 1.82) is 0 Å². The number of hydrogen-bond donors (Lipinski definition) is 3. The molecule has 0 saturated carbocycles. The molecule has 73 heavy (non-hydrogen) atoms. The first-order valence-corrected chi connectivity index (χ1v) is 23.4. The molecule has 0 radical (unpaired) electrons. The fourth-order valence-electron chi connectivity index (χ4n) is 7.76. The molecular weight excluding hydrogens is 974 g/mol. The van der Waals surface area contributed by atoms with E-state index in [1.807, 2.05) is 0 Å². The summed E-state index contributed by atoms with van der Waals surface area (Å²) in [5.41, 5.74) is -1.88. The van der Waals surface area contributed by atoms with E-state index in [2.05, 4.69) is 20.9 Å². The predicted molar refractivity (Wildman–Crippen MR) is 265 cm³/mol. The third-order valence-electron chi connectivity index (χ3n) is 11.1. The highest BCUT2D eigenvalue weighted by molar-refractivity contribution is 6.30. The van der Waals surface area contributed by atoms with E-state index < -0.39 is 82.4 Å². The third-order valence-corrected chi connectivity index (χ3v) is 11.4. The summed E-state index contributed by atoms with van der Waals surface area (Å²) in [5, 5.41) is 8.03. The molecule has 2 saturated heterocycles. The zero-order chi connectivity index (χ0) is 53.4. The average Bonchev–Trinajstić information content (AvgIpc) is 3.98. The van der Waals surface area contributed by atoms with E-state index in [0.29, 0.717) is 10.7 Å². The van der Waals surface area contributed by atoms with Crippen LogP contribution in [-0.2, 0) is 33.4 Å². The number of amides is 5. The Labute approximate surface area is 423 Å². The minimum absolute atomic E-state index is 0.0514. The van der Waals surface area contributed by atoms with Gasteiger partial charge in [-0.1, -0.05) is 23.7 Å². The van der Waals surface area contributed by atoms with E-state index in [4.69, 9.17) is 25.8 Å². The fourth-order valence-corrected chi connectivity index (χ4v) is 7.87. The van der Waals surface area contributed by atoms with Gasteiger partial charge in [-0.05, 0) is 97.0 Å². The monoisotopic (exact) mass is 1030 g/mol. The molecular formula is C51H55ClF2N8O11. The van der Waals surface area contributed by atoms with Crippen LogP contribution in [-0.4, -0.2) is 104 Å². The number of nitrogens with zero attached hydrogens (tertiary/aromatic N) is 5. The second-order valence-electron chi connectivity index (χ2n) is 18.9. The standard InChI is InChI=1S/C27H27ClFN5O5.C24H28FN3O6/c1-27(2,3)39-26(38)33-14-18(19(15-33)25(37)32-22-10-7-16(28)13-30-22)24(36)31-21-9-8-17(12-20(21)29)34-11-5-4-6-23(34)35;1-5-33-22(31)17-14-27(23(32)34-24(2,3)4)13-16(17)21(30)26-19-10-9-15(12-18(19)25)28-11-7-6-8-20(28)29/h4-13,18-19H,14-15H2,1-3H3,(H,31,36)(H,30,32,37);6-12,16-17H,5,13-14H2,1-4H3,(H,26,30)/t18-,19-;16-,17-/m00/s1. The maximum absolute atomic E-state index is 15.0. The van der Waals surface area contributed by atoms with Crippen LogP contribution < -0.4 is 27.1 Å². The Morgan fingerprint density at radius 3 is 1.42 bits per heavy atom. The van der Waals surface area contributed by atoms with E-state index in [0.717, 1.165) is 12.1 Å². The molecule has 3 N–H and O–H groups in total. The molecule has 22 heteroatoms. The molecule has 19 nitrogen and oxygen atoms in total. The summed E-state index contributed by atoms with van der Waals surface area (Å²) in [6, 6.07) is 20.0. The van der Waals surface area contributed by atoms with Gasteiger partial charge in [-0.2, -0.15) is 0 Å². The van der Waals surface area contributed by atoms with Gasteiger partial charge in [0.25, 0.3) is 11.1 Å². The third kappa shape index (κ3) is 14.4. The Bertz CT molecular complexity index is 2990. The molecule has 0 unspecified atom stereocenters. The lowest BCUT2D eigenvalue weighted by Crippen LogP contribution is -2.36. The van der Waals surface area contributed by atoms with Gasteiger partial charge in [0.2, 0.25) is 17.7 Å². The number of halogens is 3. The summed E-state index contributed by atoms with van der Waals surface area (Å²) in [6.07, 6.45) is 3.03. The first-order chi connectivity index (χ1) is 34.4. The highest BCUT2D eigenvalue weighted by atomic mass is 35.5. The molecule has 0 spiro atoms. The van der Waals surface area contributed by atoms with Crippen LogP contribution in [0.4, 0.5) is 35.6 Å². The number of hydrogen-bond acceptors (Lipinski definition) is 12. The SMILES string of the molecule is CC(C)(C)OC(=O)N1C[C@H](C(=O)Nc2ccc(Cl)cn2)[C@@H](C(=O)Nc2ccc(-n3ccccc3=O)cc2F)C1.CCOC(=O)[C@H]1CN(C(=O)OC(C)(C)C)C[C@@H]1C(=O)Nc1ccc(-n2ccccc2=O)cc1F. The van der Waals surface area contributed by atoms with Gasteiger partial charge in [0, 0.05) is 69.0 Å². The van der Waals surface area contributed by atoms with Gasteiger partial charge in [-0.3, -0.25) is 37.9 Å². The van der Waals surface area contributed by atoms with Crippen LogP contribution in [0.5, 0.6) is 0 Å². The number of likely N-dealkylation sites (tertiary alicyclic amines) is 2. The molecule has 2 fully saturated rings. The quantitative estimate of drug-likeness (QED) is 0.0945. The maximum atomic E-state index is 15.0. The zero-order valence-electron chi connectivity index (χ0n) is 41.0. The summed E-state index contributed by atoms with van der Waals surface area (Å²) < 4.78 is 48.1. The van der Waals surface area contributed by atoms with Crippen molar-refractivity contribution in [3.63, 3.8) is 0 Å². The van der Waals surface area contributed by atoms with Crippen molar-refractivity contribution in [2.24, 2.45) is 23.7 Å². The number of benzene rings is 2. The van der Waals surface area contributed by atoms with Crippen LogP contribution in [0, 0.1) is 35.3 Å².